The lowest BCUT2D eigenvalue weighted by atomic mass is 10.0. The molecule has 6 rings (SSSR count). The number of nitro groups is 1. The van der Waals surface area contributed by atoms with E-state index in [2.05, 4.69) is 9.72 Å². The molecule has 0 N–H and O–H groups in total. The molecule has 0 unspecified atom stereocenters. The fraction of sp³-hybridized carbons (Fsp3) is 0.0588. The topological polar surface area (TPSA) is 90.0 Å². The second-order valence-electron chi connectivity index (χ2n) is 9.60. The van der Waals surface area contributed by atoms with Crippen molar-refractivity contribution in [1.29, 1.82) is 0 Å². The third kappa shape index (κ3) is 4.97. The van der Waals surface area contributed by atoms with Crippen LogP contribution < -0.4 is 4.90 Å². The molecule has 0 aliphatic rings. The molecule has 1 heterocycles. The number of nitro benzene ring substituents is 1. The van der Waals surface area contributed by atoms with E-state index in [0.29, 0.717) is 29.2 Å². The number of amides is 1. The average molecular weight is 555 g/mol. The number of oxime groups is 1. The van der Waals surface area contributed by atoms with Gasteiger partial charge in [-0.1, -0.05) is 78.0 Å². The maximum absolute atomic E-state index is 13.6. The number of nitrogens with zero attached hydrogens (tertiary/aromatic N) is 4. The largest absolute Gasteiger partial charge is 0.445 e. The van der Waals surface area contributed by atoms with Gasteiger partial charge in [0.2, 0.25) is 0 Å². The van der Waals surface area contributed by atoms with Gasteiger partial charge < -0.3 is 4.57 Å². The molecule has 1 aromatic heterocycles. The van der Waals surface area contributed by atoms with Crippen molar-refractivity contribution in [3.05, 3.63) is 149 Å². The van der Waals surface area contributed by atoms with Gasteiger partial charge >= 0.3 is 6.09 Å². The van der Waals surface area contributed by atoms with Gasteiger partial charge in [0.05, 0.1) is 16.3 Å². The number of aromatic nitrogens is 1. The summed E-state index contributed by atoms with van der Waals surface area (Å²) in [6.45, 7) is 2.74. The Bertz CT molecular complexity index is 1900. The number of carbonyl (C=O) groups excluding carboxylic acids is 1. The Hall–Kier alpha value is -5.76. The zero-order valence-corrected chi connectivity index (χ0v) is 22.8. The summed E-state index contributed by atoms with van der Waals surface area (Å²) < 4.78 is 2.12. The minimum atomic E-state index is -0.667. The van der Waals surface area contributed by atoms with Crippen molar-refractivity contribution >= 4 is 50.7 Å². The van der Waals surface area contributed by atoms with Gasteiger partial charge in [-0.15, -0.1) is 0 Å². The van der Waals surface area contributed by atoms with Crippen LogP contribution in [-0.2, 0) is 11.4 Å². The lowest BCUT2D eigenvalue weighted by Crippen LogP contribution is -2.25. The van der Waals surface area contributed by atoms with Crippen LogP contribution in [0, 0.1) is 10.1 Å². The van der Waals surface area contributed by atoms with Gasteiger partial charge in [-0.05, 0) is 49.4 Å². The van der Waals surface area contributed by atoms with Crippen molar-refractivity contribution in [2.45, 2.75) is 13.5 Å². The predicted octanol–water partition coefficient (Wildman–Crippen LogP) is 8.45. The molecule has 0 aliphatic carbocycles. The molecule has 6 aromatic rings. The van der Waals surface area contributed by atoms with E-state index in [0.717, 1.165) is 27.4 Å². The first-order valence-corrected chi connectivity index (χ1v) is 13.5. The molecule has 0 bridgehead atoms. The van der Waals surface area contributed by atoms with Crippen LogP contribution in [0.5, 0.6) is 0 Å². The van der Waals surface area contributed by atoms with Gasteiger partial charge in [0.1, 0.15) is 5.71 Å². The number of para-hydroxylation sites is 2. The van der Waals surface area contributed by atoms with Gasteiger partial charge in [0, 0.05) is 51.6 Å². The number of aryl methyl sites for hydroxylation is 1. The summed E-state index contributed by atoms with van der Waals surface area (Å²) >= 11 is 0. The standard InChI is InChI=1S/C34H26N4O4/c1-2-36-31-20-18-25(22-29(31)30-23-28(38(40)41)19-21-32(30)36)33(24-12-6-3-7-13-24)35-42-34(39)37(26-14-8-4-9-15-26)27-16-10-5-11-17-27/h3-23H,2H2,1H3/b35-33+. The molecule has 1 amide bonds. The third-order valence-electron chi connectivity index (χ3n) is 7.12. The normalized spacial score (nSPS) is 11.5. The highest BCUT2D eigenvalue weighted by Gasteiger charge is 2.21. The van der Waals surface area contributed by atoms with E-state index in [1.54, 1.807) is 12.1 Å². The monoisotopic (exact) mass is 554 g/mol. The fourth-order valence-corrected chi connectivity index (χ4v) is 5.20. The molecule has 8 heteroatoms. The summed E-state index contributed by atoms with van der Waals surface area (Å²) in [4.78, 5) is 31.8. The second kappa shape index (κ2) is 11.4. The maximum Gasteiger partial charge on any atom is 0.445 e. The Morgan fingerprint density at radius 1 is 0.762 bits per heavy atom. The smallest absolute Gasteiger partial charge is 0.341 e. The number of rotatable bonds is 7. The van der Waals surface area contributed by atoms with E-state index in [4.69, 9.17) is 4.84 Å². The van der Waals surface area contributed by atoms with Crippen molar-refractivity contribution in [1.82, 2.24) is 4.57 Å². The highest BCUT2D eigenvalue weighted by molar-refractivity contribution is 6.17. The molecule has 0 saturated heterocycles. The molecular formula is C34H26N4O4. The lowest BCUT2D eigenvalue weighted by molar-refractivity contribution is -0.384. The first-order valence-electron chi connectivity index (χ1n) is 13.5. The summed E-state index contributed by atoms with van der Waals surface area (Å²) in [6, 6.07) is 38.7. The van der Waals surface area contributed by atoms with Crippen molar-refractivity contribution < 1.29 is 14.6 Å². The molecule has 42 heavy (non-hydrogen) atoms. The van der Waals surface area contributed by atoms with E-state index >= 15 is 0 Å². The van der Waals surface area contributed by atoms with Gasteiger partial charge in [0.25, 0.3) is 5.69 Å². The highest BCUT2D eigenvalue weighted by Crippen LogP contribution is 2.33. The molecule has 0 fully saturated rings. The quantitative estimate of drug-likeness (QED) is 0.0857. The number of non-ortho nitro benzene ring substituents is 1. The number of fused-ring (bicyclic) bond motifs is 3. The van der Waals surface area contributed by atoms with E-state index < -0.39 is 6.09 Å². The minimum absolute atomic E-state index is 0.0239. The Kier molecular flexibility index (Phi) is 7.17. The Morgan fingerprint density at radius 3 is 1.88 bits per heavy atom. The number of benzene rings is 5. The molecule has 8 nitrogen and oxygen atoms in total. The number of hydrogen-bond acceptors (Lipinski definition) is 5. The van der Waals surface area contributed by atoms with Gasteiger partial charge in [0.15, 0.2) is 0 Å². The van der Waals surface area contributed by atoms with Crippen molar-refractivity contribution in [2.24, 2.45) is 5.16 Å². The van der Waals surface area contributed by atoms with Crippen LogP contribution >= 0.6 is 0 Å². The summed E-state index contributed by atoms with van der Waals surface area (Å²) in [6.07, 6.45) is -0.667. The predicted molar refractivity (Wildman–Crippen MR) is 165 cm³/mol. The lowest BCUT2D eigenvalue weighted by Gasteiger charge is -2.21. The summed E-state index contributed by atoms with van der Waals surface area (Å²) in [7, 11) is 0. The summed E-state index contributed by atoms with van der Waals surface area (Å²) in [5, 5.41) is 17.6. The summed E-state index contributed by atoms with van der Waals surface area (Å²) in [5.74, 6) is 0. The Balaban J connectivity index is 1.46. The van der Waals surface area contributed by atoms with Crippen molar-refractivity contribution in [3.8, 4) is 0 Å². The third-order valence-corrected chi connectivity index (χ3v) is 7.12. The fourth-order valence-electron chi connectivity index (χ4n) is 5.20. The zero-order chi connectivity index (χ0) is 29.1. The number of anilines is 2. The molecule has 0 saturated carbocycles. The SMILES string of the molecule is CCn1c2ccc(/C(=N/OC(=O)N(c3ccccc3)c3ccccc3)c3ccccc3)cc2c2cc([N+](=O)[O-])ccc21. The summed E-state index contributed by atoms with van der Waals surface area (Å²) in [5.41, 5.74) is 5.06. The van der Waals surface area contributed by atoms with Crippen LogP contribution in [0.2, 0.25) is 0 Å². The van der Waals surface area contributed by atoms with Gasteiger partial charge in [-0.3, -0.25) is 15.0 Å². The molecule has 0 radical (unpaired) electrons. The maximum atomic E-state index is 13.6. The van der Waals surface area contributed by atoms with Crippen LogP contribution in [0.4, 0.5) is 21.9 Å². The average Bonchev–Trinajstić information content (AvgIpc) is 3.35. The molecule has 0 aliphatic heterocycles. The minimum Gasteiger partial charge on any atom is -0.341 e. The molecule has 0 atom stereocenters. The van der Waals surface area contributed by atoms with Crippen molar-refractivity contribution in [3.63, 3.8) is 0 Å². The van der Waals surface area contributed by atoms with E-state index in [-0.39, 0.29) is 10.6 Å². The first kappa shape index (κ1) is 26.5. The first-order chi connectivity index (χ1) is 20.5. The molecule has 206 valence electrons. The van der Waals surface area contributed by atoms with Crippen LogP contribution in [0.3, 0.4) is 0 Å². The van der Waals surface area contributed by atoms with E-state index in [1.165, 1.54) is 11.0 Å². The molecular weight excluding hydrogens is 528 g/mol. The highest BCUT2D eigenvalue weighted by atomic mass is 16.7. The van der Waals surface area contributed by atoms with Crippen LogP contribution in [0.15, 0.2) is 133 Å². The van der Waals surface area contributed by atoms with E-state index in [9.17, 15) is 14.9 Å². The van der Waals surface area contributed by atoms with Crippen LogP contribution in [0.1, 0.15) is 18.1 Å². The van der Waals surface area contributed by atoms with Gasteiger partial charge in [-0.25, -0.2) is 9.69 Å². The van der Waals surface area contributed by atoms with Crippen LogP contribution in [-0.4, -0.2) is 21.3 Å². The Labute approximate surface area is 241 Å². The van der Waals surface area contributed by atoms with Gasteiger partial charge in [-0.2, -0.15) is 0 Å². The second-order valence-corrected chi connectivity index (χ2v) is 9.60. The van der Waals surface area contributed by atoms with Crippen molar-refractivity contribution in [2.75, 3.05) is 4.90 Å². The Morgan fingerprint density at radius 2 is 1.31 bits per heavy atom. The number of carbonyl (C=O) groups is 1. The molecule has 5 aromatic carbocycles. The van der Waals surface area contributed by atoms with E-state index in [1.807, 2.05) is 116 Å². The zero-order valence-electron chi connectivity index (χ0n) is 22.8. The van der Waals surface area contributed by atoms with Crippen LogP contribution in [0.25, 0.3) is 21.8 Å². The molecule has 0 spiro atoms. The number of hydrogen-bond donors (Lipinski definition) is 0.